The number of ether oxygens (including phenoxy) is 2. The van der Waals surface area contributed by atoms with E-state index in [2.05, 4.69) is 5.32 Å². The van der Waals surface area contributed by atoms with Gasteiger partial charge in [-0.2, -0.15) is 0 Å². The molecule has 1 amide bonds. The fourth-order valence-corrected chi connectivity index (χ4v) is 2.85. The molecule has 5 nitrogen and oxygen atoms in total. The predicted molar refractivity (Wildman–Crippen MR) is 110 cm³/mol. The summed E-state index contributed by atoms with van der Waals surface area (Å²) >= 11 is 0. The van der Waals surface area contributed by atoms with Crippen LogP contribution < -0.4 is 10.1 Å². The third-order valence-corrected chi connectivity index (χ3v) is 4.33. The molecular weight excluding hydrogens is 366 g/mol. The van der Waals surface area contributed by atoms with E-state index >= 15 is 0 Å². The SMILES string of the molecule is C[C@@H](OC(=O)COc1ccccc1)C(=O)NC(c1ccccc1)c1ccccc1. The van der Waals surface area contributed by atoms with Crippen molar-refractivity contribution < 1.29 is 19.1 Å². The number of carbonyl (C=O) groups is 2. The summed E-state index contributed by atoms with van der Waals surface area (Å²) in [7, 11) is 0. The summed E-state index contributed by atoms with van der Waals surface area (Å²) in [6.45, 7) is 1.28. The highest BCUT2D eigenvalue weighted by molar-refractivity contribution is 5.84. The lowest BCUT2D eigenvalue weighted by Gasteiger charge is -2.22. The lowest BCUT2D eigenvalue weighted by molar-refractivity contribution is -0.156. The monoisotopic (exact) mass is 389 g/mol. The first-order valence-electron chi connectivity index (χ1n) is 9.41. The molecule has 1 atom stereocenters. The quantitative estimate of drug-likeness (QED) is 0.594. The van der Waals surface area contributed by atoms with Gasteiger partial charge in [-0.3, -0.25) is 4.79 Å². The molecule has 3 aromatic carbocycles. The molecule has 29 heavy (non-hydrogen) atoms. The van der Waals surface area contributed by atoms with Crippen molar-refractivity contribution in [3.05, 3.63) is 102 Å². The molecule has 0 saturated heterocycles. The summed E-state index contributed by atoms with van der Waals surface area (Å²) in [5, 5.41) is 2.97. The first-order chi connectivity index (χ1) is 14.1. The van der Waals surface area contributed by atoms with Gasteiger partial charge in [-0.25, -0.2) is 4.79 Å². The lowest BCUT2D eigenvalue weighted by Crippen LogP contribution is -2.39. The second-order valence-corrected chi connectivity index (χ2v) is 6.50. The van der Waals surface area contributed by atoms with E-state index in [1.54, 1.807) is 19.1 Å². The summed E-state index contributed by atoms with van der Waals surface area (Å²) in [5.74, 6) is -0.419. The van der Waals surface area contributed by atoms with E-state index in [0.717, 1.165) is 11.1 Å². The number of nitrogens with one attached hydrogen (secondary N) is 1. The summed E-state index contributed by atoms with van der Waals surface area (Å²) in [6, 6.07) is 27.9. The van der Waals surface area contributed by atoms with Gasteiger partial charge < -0.3 is 14.8 Å². The summed E-state index contributed by atoms with van der Waals surface area (Å²) in [6.07, 6.45) is -0.947. The molecule has 5 heteroatoms. The van der Waals surface area contributed by atoms with Gasteiger partial charge >= 0.3 is 5.97 Å². The molecule has 0 unspecified atom stereocenters. The molecule has 3 rings (SSSR count). The Morgan fingerprint density at radius 2 is 1.28 bits per heavy atom. The largest absolute Gasteiger partial charge is 0.482 e. The molecule has 0 aromatic heterocycles. The summed E-state index contributed by atoms with van der Waals surface area (Å²) < 4.78 is 10.6. The van der Waals surface area contributed by atoms with Crippen LogP contribution in [0.4, 0.5) is 0 Å². The third kappa shape index (κ3) is 5.94. The van der Waals surface area contributed by atoms with Gasteiger partial charge in [0, 0.05) is 0 Å². The zero-order valence-corrected chi connectivity index (χ0v) is 16.2. The van der Waals surface area contributed by atoms with Crippen LogP contribution in [0, 0.1) is 0 Å². The van der Waals surface area contributed by atoms with E-state index in [0.29, 0.717) is 5.75 Å². The van der Waals surface area contributed by atoms with Crippen LogP contribution >= 0.6 is 0 Å². The Balaban J connectivity index is 1.61. The van der Waals surface area contributed by atoms with Crippen molar-refractivity contribution >= 4 is 11.9 Å². The van der Waals surface area contributed by atoms with Crippen molar-refractivity contribution in [3.8, 4) is 5.75 Å². The van der Waals surface area contributed by atoms with Gasteiger partial charge in [0.15, 0.2) is 12.7 Å². The minimum absolute atomic E-state index is 0.261. The Bertz CT molecular complexity index is 874. The van der Waals surface area contributed by atoms with Gasteiger partial charge in [0.2, 0.25) is 0 Å². The molecule has 0 saturated carbocycles. The maximum Gasteiger partial charge on any atom is 0.344 e. The molecule has 0 fully saturated rings. The number of amides is 1. The maximum absolute atomic E-state index is 12.7. The second-order valence-electron chi connectivity index (χ2n) is 6.50. The molecule has 3 aromatic rings. The molecule has 0 bridgehead atoms. The van der Waals surface area contributed by atoms with Crippen molar-refractivity contribution in [3.63, 3.8) is 0 Å². The number of para-hydroxylation sites is 1. The van der Waals surface area contributed by atoms with Crippen molar-refractivity contribution in [1.29, 1.82) is 0 Å². The van der Waals surface area contributed by atoms with Gasteiger partial charge in [0.05, 0.1) is 6.04 Å². The van der Waals surface area contributed by atoms with Crippen LogP contribution in [-0.4, -0.2) is 24.6 Å². The number of hydrogen-bond donors (Lipinski definition) is 1. The average Bonchev–Trinajstić information content (AvgIpc) is 2.77. The zero-order valence-electron chi connectivity index (χ0n) is 16.2. The number of hydrogen-bond acceptors (Lipinski definition) is 4. The summed E-state index contributed by atoms with van der Waals surface area (Å²) in [4.78, 5) is 24.7. The minimum Gasteiger partial charge on any atom is -0.482 e. The fourth-order valence-electron chi connectivity index (χ4n) is 2.85. The van der Waals surface area contributed by atoms with Crippen LogP contribution in [0.5, 0.6) is 5.75 Å². The minimum atomic E-state index is -0.947. The number of benzene rings is 3. The van der Waals surface area contributed by atoms with Gasteiger partial charge in [0.25, 0.3) is 5.91 Å². The Kier molecular flexibility index (Phi) is 7.00. The fraction of sp³-hybridized carbons (Fsp3) is 0.167. The summed E-state index contributed by atoms with van der Waals surface area (Å²) in [5.41, 5.74) is 1.89. The van der Waals surface area contributed by atoms with Crippen LogP contribution in [-0.2, 0) is 14.3 Å². The highest BCUT2D eigenvalue weighted by atomic mass is 16.6. The third-order valence-electron chi connectivity index (χ3n) is 4.33. The maximum atomic E-state index is 12.7. The first kappa shape index (κ1) is 20.1. The zero-order chi connectivity index (χ0) is 20.5. The molecule has 1 N–H and O–H groups in total. The second kappa shape index (κ2) is 10.1. The smallest absolute Gasteiger partial charge is 0.344 e. The topological polar surface area (TPSA) is 64.6 Å². The van der Waals surface area contributed by atoms with E-state index < -0.39 is 12.1 Å². The van der Waals surface area contributed by atoms with Crippen molar-refractivity contribution in [2.75, 3.05) is 6.61 Å². The number of esters is 1. The van der Waals surface area contributed by atoms with E-state index in [1.807, 2.05) is 78.9 Å². The van der Waals surface area contributed by atoms with E-state index in [9.17, 15) is 9.59 Å². The van der Waals surface area contributed by atoms with Gasteiger partial charge in [-0.1, -0.05) is 78.9 Å². The molecule has 0 spiro atoms. The Morgan fingerprint density at radius 3 is 1.79 bits per heavy atom. The van der Waals surface area contributed by atoms with Crippen LogP contribution in [0.3, 0.4) is 0 Å². The van der Waals surface area contributed by atoms with E-state index in [-0.39, 0.29) is 18.6 Å². The van der Waals surface area contributed by atoms with Gasteiger partial charge in [-0.05, 0) is 30.2 Å². The number of carbonyl (C=O) groups excluding carboxylic acids is 2. The van der Waals surface area contributed by atoms with Gasteiger partial charge in [-0.15, -0.1) is 0 Å². The molecule has 0 aliphatic heterocycles. The van der Waals surface area contributed by atoms with Crippen molar-refractivity contribution in [1.82, 2.24) is 5.32 Å². The Hall–Kier alpha value is -3.60. The standard InChI is InChI=1S/C24H23NO4/c1-18(29-22(26)17-28-21-15-9-4-10-16-21)24(27)25-23(19-11-5-2-6-12-19)20-13-7-3-8-14-20/h2-16,18,23H,17H2,1H3,(H,25,27)/t18-/m1/s1. The first-order valence-corrected chi connectivity index (χ1v) is 9.41. The average molecular weight is 389 g/mol. The van der Waals surface area contributed by atoms with Crippen molar-refractivity contribution in [2.45, 2.75) is 19.1 Å². The number of rotatable bonds is 8. The van der Waals surface area contributed by atoms with Crippen LogP contribution in [0.15, 0.2) is 91.0 Å². The predicted octanol–water partition coefficient (Wildman–Crippen LogP) is 3.90. The van der Waals surface area contributed by atoms with Crippen LogP contribution in [0.2, 0.25) is 0 Å². The normalized spacial score (nSPS) is 11.5. The Labute approximate surface area is 170 Å². The molecule has 0 aliphatic rings. The molecule has 0 heterocycles. The molecule has 148 valence electrons. The Morgan fingerprint density at radius 1 is 0.793 bits per heavy atom. The van der Waals surface area contributed by atoms with Gasteiger partial charge in [0.1, 0.15) is 5.75 Å². The van der Waals surface area contributed by atoms with Crippen LogP contribution in [0.1, 0.15) is 24.1 Å². The molecule has 0 radical (unpaired) electrons. The van der Waals surface area contributed by atoms with E-state index in [1.165, 1.54) is 0 Å². The highest BCUT2D eigenvalue weighted by Crippen LogP contribution is 2.22. The van der Waals surface area contributed by atoms with Crippen molar-refractivity contribution in [2.24, 2.45) is 0 Å². The lowest BCUT2D eigenvalue weighted by atomic mass is 9.98. The highest BCUT2D eigenvalue weighted by Gasteiger charge is 2.23. The van der Waals surface area contributed by atoms with E-state index in [4.69, 9.17) is 9.47 Å². The molecular formula is C24H23NO4. The molecule has 0 aliphatic carbocycles. The van der Waals surface area contributed by atoms with Crippen LogP contribution in [0.25, 0.3) is 0 Å².